The highest BCUT2D eigenvalue weighted by atomic mass is 32.2. The van der Waals surface area contributed by atoms with Crippen molar-refractivity contribution in [2.45, 2.75) is 19.4 Å². The number of ether oxygens (including phenoxy) is 1. The fourth-order valence-electron chi connectivity index (χ4n) is 4.27. The van der Waals surface area contributed by atoms with Crippen LogP contribution < -0.4 is 10.5 Å². The van der Waals surface area contributed by atoms with Crippen LogP contribution in [0.3, 0.4) is 0 Å². The number of amides is 1. The lowest BCUT2D eigenvalue weighted by Crippen LogP contribution is -2.40. The number of hydrogen-bond donors (Lipinski definition) is 0. The van der Waals surface area contributed by atoms with Crippen LogP contribution in [0.25, 0.3) is 6.08 Å². The summed E-state index contributed by atoms with van der Waals surface area (Å²) >= 11 is 6.52. The molecular formula is C20H22N4O5S3. The Hall–Kier alpha value is -2.20. The van der Waals surface area contributed by atoms with Crippen molar-refractivity contribution in [2.75, 3.05) is 42.7 Å². The van der Waals surface area contributed by atoms with Crippen molar-refractivity contribution in [1.29, 1.82) is 5.26 Å². The van der Waals surface area contributed by atoms with E-state index < -0.39 is 21.4 Å². The number of thiocarbonyl (C=S) groups is 1. The summed E-state index contributed by atoms with van der Waals surface area (Å²) < 4.78 is 31.0. The van der Waals surface area contributed by atoms with Gasteiger partial charge in [-0.3, -0.25) is 19.1 Å². The second kappa shape index (κ2) is 8.62. The average molecular weight is 495 g/mol. The molecule has 0 spiro atoms. The minimum Gasteiger partial charge on any atom is -0.378 e. The van der Waals surface area contributed by atoms with Crippen molar-refractivity contribution in [3.8, 4) is 6.07 Å². The number of nitriles is 1. The topological polar surface area (TPSA) is 113 Å². The molecule has 0 N–H and O–H groups in total. The van der Waals surface area contributed by atoms with Crippen molar-refractivity contribution in [3.63, 3.8) is 0 Å². The number of carbonyl (C=O) groups is 1. The number of anilines is 1. The molecule has 1 unspecified atom stereocenters. The first-order chi connectivity index (χ1) is 15.1. The van der Waals surface area contributed by atoms with Gasteiger partial charge in [0.05, 0.1) is 35.7 Å². The molecule has 3 aliphatic rings. The summed E-state index contributed by atoms with van der Waals surface area (Å²) in [5.74, 6) is 0.217. The van der Waals surface area contributed by atoms with E-state index in [0.29, 0.717) is 58.9 Å². The number of pyridine rings is 1. The molecule has 170 valence electrons. The Bertz CT molecular complexity index is 1240. The van der Waals surface area contributed by atoms with Crippen molar-refractivity contribution in [1.82, 2.24) is 9.47 Å². The Morgan fingerprint density at radius 1 is 1.28 bits per heavy atom. The Kier molecular flexibility index (Phi) is 6.19. The monoisotopic (exact) mass is 494 g/mol. The summed E-state index contributed by atoms with van der Waals surface area (Å²) in [4.78, 5) is 29.7. The SMILES string of the molecule is Cc1c(/C=C2\SC(=S)N(C3CCS(=O)(=O)C3)C2=O)c(N2CCOCC2)n(C)c(=O)c1C#N. The molecule has 4 heterocycles. The summed E-state index contributed by atoms with van der Waals surface area (Å²) in [7, 11) is -1.57. The normalized spacial score (nSPS) is 24.4. The van der Waals surface area contributed by atoms with E-state index in [2.05, 4.69) is 0 Å². The number of rotatable bonds is 3. The Morgan fingerprint density at radius 3 is 2.56 bits per heavy atom. The van der Waals surface area contributed by atoms with E-state index in [1.807, 2.05) is 11.0 Å². The maximum Gasteiger partial charge on any atom is 0.270 e. The lowest BCUT2D eigenvalue weighted by atomic mass is 10.0. The van der Waals surface area contributed by atoms with Crippen LogP contribution in [0.4, 0.5) is 5.82 Å². The van der Waals surface area contributed by atoms with Crippen molar-refractivity contribution < 1.29 is 17.9 Å². The van der Waals surface area contributed by atoms with Gasteiger partial charge in [-0.05, 0) is 25.0 Å². The molecule has 0 aromatic carbocycles. The fourth-order valence-corrected chi connectivity index (χ4v) is 7.36. The first-order valence-electron chi connectivity index (χ1n) is 10.1. The van der Waals surface area contributed by atoms with E-state index in [1.54, 1.807) is 20.0 Å². The molecule has 1 atom stereocenters. The molecule has 1 aromatic heterocycles. The smallest absolute Gasteiger partial charge is 0.270 e. The third-order valence-electron chi connectivity index (χ3n) is 5.95. The van der Waals surface area contributed by atoms with Gasteiger partial charge in [-0.15, -0.1) is 0 Å². The summed E-state index contributed by atoms with van der Waals surface area (Å²) in [5, 5.41) is 9.56. The highest BCUT2D eigenvalue weighted by Crippen LogP contribution is 2.38. The zero-order valence-electron chi connectivity index (χ0n) is 17.7. The van der Waals surface area contributed by atoms with E-state index in [9.17, 15) is 23.3 Å². The third kappa shape index (κ3) is 3.98. The van der Waals surface area contributed by atoms with Gasteiger partial charge in [0.15, 0.2) is 9.84 Å². The van der Waals surface area contributed by atoms with Crippen molar-refractivity contribution in [3.05, 3.63) is 31.9 Å². The first-order valence-corrected chi connectivity index (χ1v) is 13.1. The molecule has 0 bridgehead atoms. The third-order valence-corrected chi connectivity index (χ3v) is 9.03. The van der Waals surface area contributed by atoms with E-state index in [4.69, 9.17) is 17.0 Å². The lowest BCUT2D eigenvalue weighted by molar-refractivity contribution is -0.123. The number of nitrogens with zero attached hydrogens (tertiary/aromatic N) is 4. The number of thioether (sulfide) groups is 1. The van der Waals surface area contributed by atoms with Gasteiger partial charge in [-0.2, -0.15) is 5.26 Å². The number of sulfone groups is 1. The van der Waals surface area contributed by atoms with Crippen LogP contribution in [-0.4, -0.2) is 72.0 Å². The van der Waals surface area contributed by atoms with Gasteiger partial charge < -0.3 is 9.64 Å². The summed E-state index contributed by atoms with van der Waals surface area (Å²) in [6.45, 7) is 3.84. The van der Waals surface area contributed by atoms with Crippen molar-refractivity contribution >= 4 is 55.9 Å². The molecular weight excluding hydrogens is 472 g/mol. The van der Waals surface area contributed by atoms with Gasteiger partial charge >= 0.3 is 0 Å². The van der Waals surface area contributed by atoms with Gasteiger partial charge in [-0.25, -0.2) is 8.42 Å². The zero-order chi connectivity index (χ0) is 23.2. The van der Waals surface area contributed by atoms with Gasteiger partial charge in [0.1, 0.15) is 21.8 Å². The Labute approximate surface area is 195 Å². The maximum absolute atomic E-state index is 13.2. The van der Waals surface area contributed by atoms with Gasteiger partial charge in [0.2, 0.25) is 0 Å². The molecule has 3 fully saturated rings. The number of aromatic nitrogens is 1. The minimum atomic E-state index is -3.18. The Morgan fingerprint density at radius 2 is 1.97 bits per heavy atom. The van der Waals surface area contributed by atoms with E-state index in [1.165, 1.54) is 9.47 Å². The second-order valence-corrected chi connectivity index (χ2v) is 11.8. The molecule has 9 nitrogen and oxygen atoms in total. The first kappa shape index (κ1) is 23.0. The van der Waals surface area contributed by atoms with Crippen LogP contribution in [-0.2, 0) is 26.4 Å². The Balaban J connectivity index is 1.80. The highest BCUT2D eigenvalue weighted by Gasteiger charge is 2.42. The van der Waals surface area contributed by atoms with Crippen LogP contribution in [0.1, 0.15) is 23.1 Å². The number of morpholine rings is 1. The predicted octanol–water partition coefficient (Wildman–Crippen LogP) is 0.790. The fraction of sp³-hybridized carbons (Fsp3) is 0.500. The van der Waals surface area contributed by atoms with E-state index in [-0.39, 0.29) is 23.0 Å². The average Bonchev–Trinajstić information content (AvgIpc) is 3.24. The molecule has 3 saturated heterocycles. The summed E-state index contributed by atoms with van der Waals surface area (Å²) in [6.07, 6.45) is 2.03. The van der Waals surface area contributed by atoms with Gasteiger partial charge in [0.25, 0.3) is 11.5 Å². The van der Waals surface area contributed by atoms with Gasteiger partial charge in [0, 0.05) is 25.7 Å². The van der Waals surface area contributed by atoms with Crippen LogP contribution in [0, 0.1) is 18.3 Å². The minimum absolute atomic E-state index is 0.0214. The molecule has 1 amide bonds. The number of hydrogen-bond acceptors (Lipinski definition) is 9. The van der Waals surface area contributed by atoms with E-state index in [0.717, 1.165) is 11.8 Å². The second-order valence-electron chi connectivity index (χ2n) is 7.92. The van der Waals surface area contributed by atoms with Crippen LogP contribution in [0.2, 0.25) is 0 Å². The van der Waals surface area contributed by atoms with Crippen LogP contribution in [0.15, 0.2) is 9.70 Å². The summed E-state index contributed by atoms with van der Waals surface area (Å²) in [6, 6.07) is 1.52. The number of carbonyl (C=O) groups excluding carboxylic acids is 1. The molecule has 0 aliphatic carbocycles. The predicted molar refractivity (Wildman–Crippen MR) is 126 cm³/mol. The standard InChI is InChI=1S/C20H22N4O5S3/c1-12-14(17(23-4-6-29-7-5-23)22(2)18(25)15(12)10-21)9-16-19(26)24(20(30)31-16)13-3-8-32(27,28)11-13/h9,13H,3-8,11H2,1-2H3/b16-9-. The van der Waals surface area contributed by atoms with Gasteiger partial charge in [-0.1, -0.05) is 24.0 Å². The molecule has 32 heavy (non-hydrogen) atoms. The quantitative estimate of drug-likeness (QED) is 0.445. The van der Waals surface area contributed by atoms with E-state index >= 15 is 0 Å². The molecule has 1 aromatic rings. The molecule has 3 aliphatic heterocycles. The molecule has 0 saturated carbocycles. The maximum atomic E-state index is 13.2. The van der Waals surface area contributed by atoms with Crippen LogP contribution >= 0.6 is 24.0 Å². The highest BCUT2D eigenvalue weighted by molar-refractivity contribution is 8.26. The van der Waals surface area contributed by atoms with Crippen LogP contribution in [0.5, 0.6) is 0 Å². The van der Waals surface area contributed by atoms with Crippen molar-refractivity contribution in [2.24, 2.45) is 7.05 Å². The molecule has 12 heteroatoms. The zero-order valence-corrected chi connectivity index (χ0v) is 20.1. The summed E-state index contributed by atoms with van der Waals surface area (Å²) in [5.41, 5.74) is 0.719. The molecule has 0 radical (unpaired) electrons. The molecule has 4 rings (SSSR count). The lowest BCUT2D eigenvalue weighted by Gasteiger charge is -2.32. The largest absolute Gasteiger partial charge is 0.378 e.